The number of carbonyl (C=O) groups excluding carboxylic acids is 2. The van der Waals surface area contributed by atoms with Gasteiger partial charge in [0.15, 0.2) is 0 Å². The molecular weight excluding hydrogens is 294 g/mol. The zero-order chi connectivity index (χ0) is 17.0. The molecule has 1 aromatic carbocycles. The molecule has 0 aliphatic rings. The minimum Gasteiger partial charge on any atom is -0.494 e. The largest absolute Gasteiger partial charge is 0.494 e. The van der Waals surface area contributed by atoms with Crippen LogP contribution in [0.15, 0.2) is 24.4 Å². The van der Waals surface area contributed by atoms with E-state index in [1.54, 1.807) is 19.2 Å². The Morgan fingerprint density at radius 2 is 1.91 bits per heavy atom. The number of aromatic amines is 1. The number of aromatic nitrogens is 1. The lowest BCUT2D eigenvalue weighted by atomic mass is 10.1. The van der Waals surface area contributed by atoms with E-state index in [4.69, 9.17) is 4.74 Å². The van der Waals surface area contributed by atoms with E-state index >= 15 is 0 Å². The summed E-state index contributed by atoms with van der Waals surface area (Å²) in [6.45, 7) is 7.60. The van der Waals surface area contributed by atoms with Crippen molar-refractivity contribution in [2.24, 2.45) is 0 Å². The molecule has 1 aromatic heterocycles. The first-order valence-electron chi connectivity index (χ1n) is 7.42. The van der Waals surface area contributed by atoms with Gasteiger partial charge in [-0.05, 0) is 44.5 Å². The Kier molecular flexibility index (Phi) is 5.05. The normalized spacial score (nSPS) is 10.3. The number of benzene rings is 1. The predicted octanol–water partition coefficient (Wildman–Crippen LogP) is 3.24. The summed E-state index contributed by atoms with van der Waals surface area (Å²) in [7, 11) is 0. The lowest BCUT2D eigenvalue weighted by Crippen LogP contribution is -2.16. The number of rotatable bonds is 5. The topological polar surface area (TPSA) is 83.2 Å². The highest BCUT2D eigenvalue weighted by atomic mass is 16.5. The van der Waals surface area contributed by atoms with Gasteiger partial charge in [-0.3, -0.25) is 9.59 Å². The van der Waals surface area contributed by atoms with Crippen molar-refractivity contribution in [2.45, 2.75) is 27.7 Å². The summed E-state index contributed by atoms with van der Waals surface area (Å²) in [5, 5.41) is 5.52. The van der Waals surface area contributed by atoms with Crippen molar-refractivity contribution in [1.82, 2.24) is 4.98 Å². The third-order valence-electron chi connectivity index (χ3n) is 3.37. The Labute approximate surface area is 135 Å². The minimum absolute atomic E-state index is 0.227. The summed E-state index contributed by atoms with van der Waals surface area (Å²) in [6.07, 6.45) is 1.61. The first-order chi connectivity index (χ1) is 10.9. The number of H-pyrrole nitrogens is 1. The van der Waals surface area contributed by atoms with Gasteiger partial charge in [0.25, 0.3) is 5.91 Å². The van der Waals surface area contributed by atoms with Crippen molar-refractivity contribution in [3.63, 3.8) is 0 Å². The van der Waals surface area contributed by atoms with Crippen LogP contribution in [0.25, 0.3) is 0 Å². The van der Waals surface area contributed by atoms with Crippen LogP contribution in [-0.2, 0) is 4.79 Å². The van der Waals surface area contributed by atoms with Crippen LogP contribution < -0.4 is 15.4 Å². The molecule has 0 aliphatic heterocycles. The SMILES string of the molecule is CCOc1ccc(NC(=O)c2c(NC(C)=O)c[nH]c2C)c(C)c1. The van der Waals surface area contributed by atoms with E-state index < -0.39 is 0 Å². The van der Waals surface area contributed by atoms with Crippen molar-refractivity contribution < 1.29 is 14.3 Å². The molecule has 0 spiro atoms. The standard InChI is InChI=1S/C17H21N3O3/c1-5-23-13-6-7-14(10(2)8-13)20-17(22)16-11(3)18-9-15(16)19-12(4)21/h6-9,18H,5H2,1-4H3,(H,19,21)(H,20,22). The lowest BCUT2D eigenvalue weighted by molar-refractivity contribution is -0.114. The average molecular weight is 315 g/mol. The van der Waals surface area contributed by atoms with Crippen LogP contribution in [0, 0.1) is 13.8 Å². The van der Waals surface area contributed by atoms with E-state index in [1.165, 1.54) is 6.92 Å². The summed E-state index contributed by atoms with van der Waals surface area (Å²) < 4.78 is 5.44. The minimum atomic E-state index is -0.278. The van der Waals surface area contributed by atoms with E-state index in [0.717, 1.165) is 11.3 Å². The van der Waals surface area contributed by atoms with Gasteiger partial charge in [-0.2, -0.15) is 0 Å². The molecule has 0 saturated carbocycles. The smallest absolute Gasteiger partial charge is 0.259 e. The van der Waals surface area contributed by atoms with Crippen molar-refractivity contribution in [1.29, 1.82) is 0 Å². The Morgan fingerprint density at radius 1 is 1.17 bits per heavy atom. The molecule has 23 heavy (non-hydrogen) atoms. The molecular formula is C17H21N3O3. The molecule has 6 nitrogen and oxygen atoms in total. The van der Waals surface area contributed by atoms with Crippen molar-refractivity contribution in [3.8, 4) is 5.75 Å². The molecule has 0 atom stereocenters. The Morgan fingerprint density at radius 3 is 2.52 bits per heavy atom. The molecule has 122 valence electrons. The van der Waals surface area contributed by atoms with Crippen molar-refractivity contribution in [2.75, 3.05) is 17.2 Å². The number of nitrogens with one attached hydrogen (secondary N) is 3. The van der Waals surface area contributed by atoms with Crippen molar-refractivity contribution in [3.05, 3.63) is 41.2 Å². The molecule has 6 heteroatoms. The highest BCUT2D eigenvalue weighted by Gasteiger charge is 2.18. The first kappa shape index (κ1) is 16.6. The summed E-state index contributed by atoms with van der Waals surface area (Å²) in [6, 6.07) is 5.49. The fourth-order valence-corrected chi connectivity index (χ4v) is 2.33. The fraction of sp³-hybridized carbons (Fsp3) is 0.294. The lowest BCUT2D eigenvalue weighted by Gasteiger charge is -2.12. The van der Waals surface area contributed by atoms with Crippen LogP contribution in [0.1, 0.15) is 35.5 Å². The monoisotopic (exact) mass is 315 g/mol. The Balaban J connectivity index is 2.22. The quantitative estimate of drug-likeness (QED) is 0.792. The molecule has 0 fully saturated rings. The van der Waals surface area contributed by atoms with Crippen LogP contribution in [0.5, 0.6) is 5.75 Å². The number of hydrogen-bond acceptors (Lipinski definition) is 3. The average Bonchev–Trinajstić information content (AvgIpc) is 2.82. The van der Waals surface area contributed by atoms with Gasteiger partial charge in [-0.25, -0.2) is 0 Å². The second-order valence-electron chi connectivity index (χ2n) is 5.25. The third kappa shape index (κ3) is 3.91. The zero-order valence-electron chi connectivity index (χ0n) is 13.7. The zero-order valence-corrected chi connectivity index (χ0v) is 13.7. The molecule has 0 saturated heterocycles. The first-order valence-corrected chi connectivity index (χ1v) is 7.42. The number of aryl methyl sites for hydroxylation is 2. The van der Waals surface area contributed by atoms with Gasteiger partial charge in [0.1, 0.15) is 5.75 Å². The summed E-state index contributed by atoms with van der Waals surface area (Å²) in [4.78, 5) is 26.7. The number of hydrogen-bond donors (Lipinski definition) is 3. The van der Waals surface area contributed by atoms with Crippen LogP contribution in [0.4, 0.5) is 11.4 Å². The molecule has 0 bridgehead atoms. The van der Waals surface area contributed by atoms with Gasteiger partial charge < -0.3 is 20.4 Å². The van der Waals surface area contributed by atoms with Crippen LogP contribution in [0.3, 0.4) is 0 Å². The maximum absolute atomic E-state index is 12.5. The van der Waals surface area contributed by atoms with Crippen molar-refractivity contribution >= 4 is 23.2 Å². The third-order valence-corrected chi connectivity index (χ3v) is 3.37. The highest BCUT2D eigenvalue weighted by molar-refractivity contribution is 6.11. The molecule has 2 rings (SSSR count). The van der Waals surface area contributed by atoms with E-state index in [2.05, 4.69) is 15.6 Å². The molecule has 0 aliphatic carbocycles. The van der Waals surface area contributed by atoms with Gasteiger partial charge in [0, 0.05) is 24.5 Å². The molecule has 3 N–H and O–H groups in total. The van der Waals surface area contributed by atoms with E-state index in [-0.39, 0.29) is 11.8 Å². The van der Waals surface area contributed by atoms with Gasteiger partial charge in [0.2, 0.25) is 5.91 Å². The molecule has 2 aromatic rings. The Hall–Kier alpha value is -2.76. The van der Waals surface area contributed by atoms with Crippen LogP contribution in [-0.4, -0.2) is 23.4 Å². The van der Waals surface area contributed by atoms with Gasteiger partial charge in [0.05, 0.1) is 17.9 Å². The van der Waals surface area contributed by atoms with Gasteiger partial charge in [-0.1, -0.05) is 0 Å². The number of ether oxygens (including phenoxy) is 1. The van der Waals surface area contributed by atoms with E-state index in [1.807, 2.05) is 26.0 Å². The second-order valence-corrected chi connectivity index (χ2v) is 5.25. The molecule has 1 heterocycles. The Bertz CT molecular complexity index is 735. The summed E-state index contributed by atoms with van der Waals surface area (Å²) in [5.74, 6) is 0.259. The van der Waals surface area contributed by atoms with E-state index in [9.17, 15) is 9.59 Å². The molecule has 0 unspecified atom stereocenters. The van der Waals surface area contributed by atoms with Crippen LogP contribution in [0.2, 0.25) is 0 Å². The second kappa shape index (κ2) is 7.00. The van der Waals surface area contributed by atoms with Gasteiger partial charge >= 0.3 is 0 Å². The maximum atomic E-state index is 12.5. The summed E-state index contributed by atoms with van der Waals surface area (Å²) >= 11 is 0. The maximum Gasteiger partial charge on any atom is 0.259 e. The number of anilines is 2. The molecule has 2 amide bonds. The van der Waals surface area contributed by atoms with E-state index in [0.29, 0.717) is 29.2 Å². The predicted molar refractivity (Wildman–Crippen MR) is 90.1 cm³/mol. The van der Waals surface area contributed by atoms with Gasteiger partial charge in [-0.15, -0.1) is 0 Å². The summed E-state index contributed by atoms with van der Waals surface area (Å²) in [5.41, 5.74) is 3.19. The number of amides is 2. The molecule has 0 radical (unpaired) electrons. The fourth-order valence-electron chi connectivity index (χ4n) is 2.33. The van der Waals surface area contributed by atoms with Crippen LogP contribution >= 0.6 is 0 Å². The highest BCUT2D eigenvalue weighted by Crippen LogP contribution is 2.24. The number of carbonyl (C=O) groups is 2.